The fraction of sp³-hybridized carbons (Fsp3) is 0.100. The molecule has 1 N–H and O–H groups in total. The van der Waals surface area contributed by atoms with Gasteiger partial charge in [-0.15, -0.1) is 0 Å². The average molecular weight is 492 g/mol. The highest BCUT2D eigenvalue weighted by Crippen LogP contribution is 2.28. The molecule has 0 aliphatic rings. The molecule has 4 aromatic carbocycles. The van der Waals surface area contributed by atoms with Gasteiger partial charge in [-0.05, 0) is 53.6 Å². The first-order valence-corrected chi connectivity index (χ1v) is 11.8. The Hall–Kier alpha value is -4.91. The average Bonchev–Trinajstić information content (AvgIpc) is 2.95. The van der Waals surface area contributed by atoms with E-state index in [0.717, 1.165) is 11.1 Å². The van der Waals surface area contributed by atoms with E-state index >= 15 is 0 Å². The monoisotopic (exact) mass is 491 g/mol. The second kappa shape index (κ2) is 10.8. The number of carbonyl (C=O) groups is 1. The zero-order valence-electron chi connectivity index (χ0n) is 20.3. The van der Waals surface area contributed by atoms with Crippen LogP contribution in [-0.4, -0.2) is 23.8 Å². The molecular formula is C30H25N3O4. The molecule has 0 spiro atoms. The van der Waals surface area contributed by atoms with E-state index in [1.54, 1.807) is 31.5 Å². The topological polar surface area (TPSA) is 81.9 Å². The quantitative estimate of drug-likeness (QED) is 0.190. The summed E-state index contributed by atoms with van der Waals surface area (Å²) in [6, 6.07) is 29.9. The Morgan fingerprint density at radius 3 is 2.19 bits per heavy atom. The predicted molar refractivity (Wildman–Crippen MR) is 145 cm³/mol. The summed E-state index contributed by atoms with van der Waals surface area (Å²) in [6.45, 7) is 0.434. The van der Waals surface area contributed by atoms with Crippen LogP contribution in [0.15, 0.2) is 107 Å². The molecule has 0 saturated carbocycles. The van der Waals surface area contributed by atoms with Gasteiger partial charge in [0.15, 0.2) is 16.9 Å². The number of methoxy groups -OCH3 is 1. The number of benzene rings is 4. The third kappa shape index (κ3) is 5.21. The number of hydrogen-bond acceptors (Lipinski definition) is 5. The molecule has 0 aliphatic heterocycles. The van der Waals surface area contributed by atoms with Gasteiger partial charge in [0, 0.05) is 10.8 Å². The van der Waals surface area contributed by atoms with Crippen molar-refractivity contribution in [3.05, 3.63) is 118 Å². The van der Waals surface area contributed by atoms with Crippen LogP contribution in [0, 0.1) is 0 Å². The maximum absolute atomic E-state index is 12.9. The number of amides is 1. The van der Waals surface area contributed by atoms with E-state index in [0.29, 0.717) is 39.9 Å². The maximum atomic E-state index is 12.9. The minimum atomic E-state index is -0.315. The lowest BCUT2D eigenvalue weighted by atomic mass is 10.1. The first-order chi connectivity index (χ1) is 18.1. The largest absolute Gasteiger partial charge is 0.493 e. The molecule has 7 heteroatoms. The molecule has 0 bridgehead atoms. The summed E-state index contributed by atoms with van der Waals surface area (Å²) >= 11 is 0. The third-order valence-electron chi connectivity index (χ3n) is 6.01. The van der Waals surface area contributed by atoms with Gasteiger partial charge >= 0.3 is 0 Å². The molecule has 184 valence electrons. The SMILES string of the molecule is COc1cc(C=NNC(=O)Cn2c3ccccc3c(=O)c3ccccc32)ccc1OCc1ccccc1. The number of carbonyl (C=O) groups excluding carboxylic acids is 1. The summed E-state index contributed by atoms with van der Waals surface area (Å²) < 4.78 is 13.2. The molecule has 0 saturated heterocycles. The van der Waals surface area contributed by atoms with Crippen LogP contribution in [0.3, 0.4) is 0 Å². The fourth-order valence-corrected chi connectivity index (χ4v) is 4.22. The van der Waals surface area contributed by atoms with Crippen molar-refractivity contribution in [2.24, 2.45) is 5.10 Å². The van der Waals surface area contributed by atoms with Crippen LogP contribution in [0.2, 0.25) is 0 Å². The van der Waals surface area contributed by atoms with Crippen LogP contribution < -0.4 is 20.3 Å². The molecule has 1 heterocycles. The molecule has 0 radical (unpaired) electrons. The summed E-state index contributed by atoms with van der Waals surface area (Å²) in [7, 11) is 1.58. The van der Waals surface area contributed by atoms with Gasteiger partial charge in [0.25, 0.3) is 5.91 Å². The molecular weight excluding hydrogens is 466 g/mol. The van der Waals surface area contributed by atoms with Crippen molar-refractivity contribution >= 4 is 33.9 Å². The second-order valence-electron chi connectivity index (χ2n) is 8.43. The summed E-state index contributed by atoms with van der Waals surface area (Å²) in [5.74, 6) is 0.868. The molecule has 0 aliphatic carbocycles. The van der Waals surface area contributed by atoms with Gasteiger partial charge in [-0.3, -0.25) is 9.59 Å². The van der Waals surface area contributed by atoms with Crippen LogP contribution in [0.25, 0.3) is 21.8 Å². The van der Waals surface area contributed by atoms with E-state index in [9.17, 15) is 9.59 Å². The van der Waals surface area contributed by atoms with Crippen molar-refractivity contribution in [1.29, 1.82) is 0 Å². The van der Waals surface area contributed by atoms with Crippen molar-refractivity contribution < 1.29 is 14.3 Å². The van der Waals surface area contributed by atoms with Crippen LogP contribution in [-0.2, 0) is 17.9 Å². The molecule has 37 heavy (non-hydrogen) atoms. The standard InChI is InChI=1S/C30H25N3O4/c1-36-28-17-22(15-16-27(28)37-20-21-9-3-2-4-10-21)18-31-32-29(34)19-33-25-13-7-5-11-23(25)30(35)24-12-6-8-14-26(24)33/h2-18H,19-20H2,1H3,(H,32,34). The van der Waals surface area contributed by atoms with Gasteiger partial charge in [0.1, 0.15) is 13.2 Å². The Labute approximate surface area is 213 Å². The van der Waals surface area contributed by atoms with E-state index in [2.05, 4.69) is 10.5 Å². The van der Waals surface area contributed by atoms with E-state index in [4.69, 9.17) is 9.47 Å². The zero-order valence-corrected chi connectivity index (χ0v) is 20.3. The normalized spacial score (nSPS) is 11.2. The van der Waals surface area contributed by atoms with Crippen molar-refractivity contribution in [3.63, 3.8) is 0 Å². The Balaban J connectivity index is 1.30. The van der Waals surface area contributed by atoms with Crippen LogP contribution in [0.4, 0.5) is 0 Å². The smallest absolute Gasteiger partial charge is 0.260 e. The van der Waals surface area contributed by atoms with Crippen LogP contribution in [0.5, 0.6) is 11.5 Å². The summed E-state index contributed by atoms with van der Waals surface area (Å²) in [4.78, 5) is 25.7. The number of para-hydroxylation sites is 2. The number of nitrogens with zero attached hydrogens (tertiary/aromatic N) is 2. The minimum absolute atomic E-state index is 0.00817. The van der Waals surface area contributed by atoms with Gasteiger partial charge in [-0.2, -0.15) is 5.10 Å². The van der Waals surface area contributed by atoms with E-state index in [1.807, 2.05) is 83.4 Å². The van der Waals surface area contributed by atoms with E-state index in [-0.39, 0.29) is 17.9 Å². The fourth-order valence-electron chi connectivity index (χ4n) is 4.22. The van der Waals surface area contributed by atoms with Crippen LogP contribution in [0.1, 0.15) is 11.1 Å². The van der Waals surface area contributed by atoms with E-state index in [1.165, 1.54) is 0 Å². The molecule has 0 unspecified atom stereocenters. The molecule has 1 aromatic heterocycles. The molecule has 7 nitrogen and oxygen atoms in total. The first-order valence-electron chi connectivity index (χ1n) is 11.8. The van der Waals surface area contributed by atoms with Gasteiger partial charge in [0.05, 0.1) is 24.4 Å². The van der Waals surface area contributed by atoms with Gasteiger partial charge in [-0.1, -0.05) is 54.6 Å². The molecule has 1 amide bonds. The molecule has 5 aromatic rings. The van der Waals surface area contributed by atoms with Crippen LogP contribution >= 0.6 is 0 Å². The summed E-state index contributed by atoms with van der Waals surface area (Å²) in [6.07, 6.45) is 1.54. The summed E-state index contributed by atoms with van der Waals surface area (Å²) in [5.41, 5.74) is 5.72. The lowest BCUT2D eigenvalue weighted by molar-refractivity contribution is -0.121. The number of pyridine rings is 1. The second-order valence-corrected chi connectivity index (χ2v) is 8.43. The number of hydrogen-bond donors (Lipinski definition) is 1. The lowest BCUT2D eigenvalue weighted by Gasteiger charge is -2.14. The van der Waals surface area contributed by atoms with Gasteiger partial charge in [-0.25, -0.2) is 5.43 Å². The number of rotatable bonds is 8. The number of fused-ring (bicyclic) bond motifs is 2. The summed E-state index contributed by atoms with van der Waals surface area (Å²) in [5, 5.41) is 5.26. The Morgan fingerprint density at radius 2 is 1.51 bits per heavy atom. The Morgan fingerprint density at radius 1 is 0.865 bits per heavy atom. The number of hydrazone groups is 1. The maximum Gasteiger partial charge on any atom is 0.260 e. The van der Waals surface area contributed by atoms with Crippen molar-refractivity contribution in [1.82, 2.24) is 9.99 Å². The highest BCUT2D eigenvalue weighted by atomic mass is 16.5. The predicted octanol–water partition coefficient (Wildman–Crippen LogP) is 4.89. The van der Waals surface area contributed by atoms with E-state index < -0.39 is 0 Å². The number of ether oxygens (including phenoxy) is 2. The zero-order chi connectivity index (χ0) is 25.6. The Kier molecular flexibility index (Phi) is 6.94. The molecule has 0 fully saturated rings. The minimum Gasteiger partial charge on any atom is -0.493 e. The van der Waals surface area contributed by atoms with Crippen molar-refractivity contribution in [2.75, 3.05) is 7.11 Å². The molecule has 0 atom stereocenters. The van der Waals surface area contributed by atoms with Crippen molar-refractivity contribution in [2.45, 2.75) is 13.2 Å². The van der Waals surface area contributed by atoms with Gasteiger partial charge < -0.3 is 14.0 Å². The lowest BCUT2D eigenvalue weighted by Crippen LogP contribution is -2.25. The highest BCUT2D eigenvalue weighted by molar-refractivity contribution is 5.95. The Bertz CT molecular complexity index is 1600. The highest BCUT2D eigenvalue weighted by Gasteiger charge is 2.12. The van der Waals surface area contributed by atoms with Gasteiger partial charge in [0.2, 0.25) is 0 Å². The first kappa shape index (κ1) is 23.8. The van der Waals surface area contributed by atoms with Crippen molar-refractivity contribution in [3.8, 4) is 11.5 Å². The molecule has 5 rings (SSSR count). The number of aromatic nitrogens is 1. The number of nitrogens with one attached hydrogen (secondary N) is 1. The third-order valence-corrected chi connectivity index (χ3v) is 6.01.